The van der Waals surface area contributed by atoms with Gasteiger partial charge in [-0.3, -0.25) is 4.57 Å². The quantitative estimate of drug-likeness (QED) is 0.596. The molecule has 1 aliphatic heterocycles. The first kappa shape index (κ1) is 12.4. The predicted molar refractivity (Wildman–Crippen MR) is 67.8 cm³/mol. The van der Waals surface area contributed by atoms with Gasteiger partial charge in [0.05, 0.1) is 12.1 Å². The third-order valence-electron chi connectivity index (χ3n) is 4.22. The van der Waals surface area contributed by atoms with Crippen LogP contribution in [0.5, 0.6) is 0 Å². The highest BCUT2D eigenvalue weighted by molar-refractivity contribution is 5.55. The molecule has 3 rings (SSSR count). The topological polar surface area (TPSA) is 108 Å². The molecule has 8 nitrogen and oxygen atoms in total. The Kier molecular flexibility index (Phi) is 2.72. The zero-order chi connectivity index (χ0) is 13.7. The molecule has 2 fully saturated rings. The Balaban J connectivity index is 1.85. The zero-order valence-corrected chi connectivity index (χ0v) is 10.9. The number of aryl methyl sites for hydroxylation is 1. The van der Waals surface area contributed by atoms with E-state index in [0.717, 1.165) is 6.42 Å². The third kappa shape index (κ3) is 1.71. The Morgan fingerprint density at radius 1 is 1.63 bits per heavy atom. The molecule has 104 valence electrons. The number of aromatic nitrogens is 2. The molecule has 0 aromatic carbocycles. The van der Waals surface area contributed by atoms with Gasteiger partial charge in [0.15, 0.2) is 0 Å². The highest BCUT2D eigenvalue weighted by Crippen LogP contribution is 2.40. The van der Waals surface area contributed by atoms with Crippen molar-refractivity contribution in [3.05, 3.63) is 15.9 Å². The number of nitrogens with zero attached hydrogens (tertiary/aromatic N) is 3. The van der Waals surface area contributed by atoms with Crippen molar-refractivity contribution in [2.45, 2.75) is 31.5 Å². The first-order chi connectivity index (χ1) is 9.00. The third-order valence-corrected chi connectivity index (χ3v) is 4.22. The van der Waals surface area contributed by atoms with Crippen molar-refractivity contribution >= 4 is 11.6 Å². The van der Waals surface area contributed by atoms with E-state index in [4.69, 9.17) is 10.5 Å². The van der Waals surface area contributed by atoms with Crippen LogP contribution in [0.1, 0.15) is 12.2 Å². The summed E-state index contributed by atoms with van der Waals surface area (Å²) >= 11 is 0. The van der Waals surface area contributed by atoms with Crippen LogP contribution in [0.2, 0.25) is 0 Å². The largest absolute Gasteiger partial charge is 0.406 e. The van der Waals surface area contributed by atoms with Gasteiger partial charge in [-0.2, -0.15) is 0 Å². The standard InChI is InChI=1S/C11H17N5O3/c1-5-13-11(16(17)18)10(15(5)2)14-8-7(12)6-3-4-19-9(6)8/h6-9,14H,3-4,12H2,1-2H3. The van der Waals surface area contributed by atoms with Crippen molar-refractivity contribution in [3.8, 4) is 0 Å². The van der Waals surface area contributed by atoms with Gasteiger partial charge in [0.1, 0.15) is 0 Å². The van der Waals surface area contributed by atoms with Crippen LogP contribution in [0.25, 0.3) is 0 Å². The molecule has 0 amide bonds. The molecular formula is C11H17N5O3. The van der Waals surface area contributed by atoms with Crippen LogP contribution in [0, 0.1) is 23.0 Å². The van der Waals surface area contributed by atoms with E-state index in [1.807, 2.05) is 0 Å². The van der Waals surface area contributed by atoms with Crippen LogP contribution in [-0.4, -0.2) is 39.3 Å². The Bertz CT molecular complexity index is 529. The van der Waals surface area contributed by atoms with Crippen LogP contribution < -0.4 is 11.1 Å². The monoisotopic (exact) mass is 267 g/mol. The normalized spacial score (nSPS) is 32.8. The average molecular weight is 267 g/mol. The molecule has 0 radical (unpaired) electrons. The van der Waals surface area contributed by atoms with Crippen molar-refractivity contribution in [2.75, 3.05) is 11.9 Å². The number of imidazole rings is 1. The Hall–Kier alpha value is -1.67. The van der Waals surface area contributed by atoms with Crippen molar-refractivity contribution in [1.29, 1.82) is 0 Å². The molecule has 19 heavy (non-hydrogen) atoms. The summed E-state index contributed by atoms with van der Waals surface area (Å²) in [6.07, 6.45) is 1.03. The Morgan fingerprint density at radius 3 is 3.05 bits per heavy atom. The van der Waals surface area contributed by atoms with E-state index in [9.17, 15) is 10.1 Å². The number of anilines is 1. The van der Waals surface area contributed by atoms with E-state index in [1.54, 1.807) is 18.5 Å². The maximum Gasteiger partial charge on any atom is 0.406 e. The highest BCUT2D eigenvalue weighted by Gasteiger charge is 2.53. The van der Waals surface area contributed by atoms with Gasteiger partial charge < -0.3 is 25.9 Å². The van der Waals surface area contributed by atoms with E-state index < -0.39 is 4.92 Å². The van der Waals surface area contributed by atoms with E-state index in [0.29, 0.717) is 24.2 Å². The molecule has 2 heterocycles. The second-order valence-electron chi connectivity index (χ2n) is 5.18. The van der Waals surface area contributed by atoms with Gasteiger partial charge >= 0.3 is 5.82 Å². The van der Waals surface area contributed by atoms with E-state index in [1.165, 1.54) is 0 Å². The maximum atomic E-state index is 11.0. The number of hydrogen-bond acceptors (Lipinski definition) is 6. The van der Waals surface area contributed by atoms with Gasteiger partial charge in [-0.25, -0.2) is 0 Å². The lowest BCUT2D eigenvalue weighted by Gasteiger charge is -2.45. The number of nitrogens with two attached hydrogens (primary N) is 1. The highest BCUT2D eigenvalue weighted by atomic mass is 16.6. The van der Waals surface area contributed by atoms with Gasteiger partial charge in [-0.1, -0.05) is 0 Å². The van der Waals surface area contributed by atoms with Crippen LogP contribution in [0.3, 0.4) is 0 Å². The second kappa shape index (κ2) is 4.17. The van der Waals surface area contributed by atoms with Gasteiger partial charge in [-0.05, 0) is 16.3 Å². The van der Waals surface area contributed by atoms with E-state index in [2.05, 4.69) is 10.3 Å². The average Bonchev–Trinajstić information content (AvgIpc) is 2.91. The molecule has 8 heteroatoms. The van der Waals surface area contributed by atoms with Gasteiger partial charge in [0.25, 0.3) is 0 Å². The lowest BCUT2D eigenvalue weighted by atomic mass is 9.72. The molecular weight excluding hydrogens is 250 g/mol. The summed E-state index contributed by atoms with van der Waals surface area (Å²) in [5, 5.41) is 14.2. The summed E-state index contributed by atoms with van der Waals surface area (Å²) in [5.74, 6) is 1.20. The van der Waals surface area contributed by atoms with Crippen LogP contribution in [0.4, 0.5) is 11.6 Å². The molecule has 3 N–H and O–H groups in total. The summed E-state index contributed by atoms with van der Waals surface area (Å²) < 4.78 is 7.29. The smallest absolute Gasteiger partial charge is 0.376 e. The van der Waals surface area contributed by atoms with Crippen LogP contribution in [-0.2, 0) is 11.8 Å². The molecule has 4 atom stereocenters. The second-order valence-corrected chi connectivity index (χ2v) is 5.18. The summed E-state index contributed by atoms with van der Waals surface area (Å²) in [6, 6.07) is -0.108. The first-order valence-electron chi connectivity index (χ1n) is 6.32. The molecule has 1 saturated heterocycles. The minimum absolute atomic E-state index is 0.0256. The molecule has 2 aliphatic rings. The fraction of sp³-hybridized carbons (Fsp3) is 0.727. The predicted octanol–water partition coefficient (Wildman–Crippen LogP) is 0.163. The molecule has 0 spiro atoms. The van der Waals surface area contributed by atoms with E-state index in [-0.39, 0.29) is 24.0 Å². The summed E-state index contributed by atoms with van der Waals surface area (Å²) in [5.41, 5.74) is 6.10. The van der Waals surface area contributed by atoms with Gasteiger partial charge in [0, 0.05) is 32.5 Å². The number of rotatable bonds is 3. The van der Waals surface area contributed by atoms with Crippen molar-refractivity contribution < 1.29 is 9.66 Å². The molecule has 1 aromatic rings. The lowest BCUT2D eigenvalue weighted by Crippen LogP contribution is -2.65. The SMILES string of the molecule is Cc1nc([N+](=O)[O-])c(NC2C(N)C3CCOC32)n1C. The summed E-state index contributed by atoms with van der Waals surface area (Å²) in [6.45, 7) is 2.45. The Labute approximate surface area is 110 Å². The molecule has 4 unspecified atom stereocenters. The van der Waals surface area contributed by atoms with Crippen molar-refractivity contribution in [2.24, 2.45) is 18.7 Å². The number of ether oxygens (including phenoxy) is 1. The fourth-order valence-corrected chi connectivity index (χ4v) is 2.97. The maximum absolute atomic E-state index is 11.0. The van der Waals surface area contributed by atoms with Gasteiger partial charge in [0.2, 0.25) is 11.6 Å². The summed E-state index contributed by atoms with van der Waals surface area (Å²) in [7, 11) is 1.74. The number of fused-ring (bicyclic) bond motifs is 1. The minimum atomic E-state index is -0.480. The number of nitrogens with one attached hydrogen (secondary N) is 1. The number of nitro groups is 1. The minimum Gasteiger partial charge on any atom is -0.376 e. The van der Waals surface area contributed by atoms with E-state index >= 15 is 0 Å². The zero-order valence-electron chi connectivity index (χ0n) is 10.9. The van der Waals surface area contributed by atoms with Crippen LogP contribution >= 0.6 is 0 Å². The number of hydrogen-bond donors (Lipinski definition) is 2. The fourth-order valence-electron chi connectivity index (χ4n) is 2.97. The van der Waals surface area contributed by atoms with Gasteiger partial charge in [-0.15, -0.1) is 0 Å². The van der Waals surface area contributed by atoms with Crippen molar-refractivity contribution in [3.63, 3.8) is 0 Å². The summed E-state index contributed by atoms with van der Waals surface area (Å²) in [4.78, 5) is 14.5. The molecule has 1 aromatic heterocycles. The lowest BCUT2D eigenvalue weighted by molar-refractivity contribution is -0.388. The Morgan fingerprint density at radius 2 is 2.37 bits per heavy atom. The molecule has 1 saturated carbocycles. The first-order valence-corrected chi connectivity index (χ1v) is 6.32. The van der Waals surface area contributed by atoms with Crippen LogP contribution in [0.15, 0.2) is 0 Å². The molecule has 1 aliphatic carbocycles. The van der Waals surface area contributed by atoms with Crippen molar-refractivity contribution in [1.82, 2.24) is 9.55 Å². The molecule has 0 bridgehead atoms.